The largest absolute Gasteiger partial charge is 0.496 e. The minimum Gasteiger partial charge on any atom is -0.496 e. The van der Waals surface area contributed by atoms with Crippen LogP contribution >= 0.6 is 0 Å². The molecule has 0 atom stereocenters. The zero-order valence-corrected chi connectivity index (χ0v) is 11.4. The van der Waals surface area contributed by atoms with Crippen LogP contribution in [0.15, 0.2) is 30.4 Å². The van der Waals surface area contributed by atoms with Crippen molar-refractivity contribution in [3.05, 3.63) is 35.9 Å². The first kappa shape index (κ1) is 13.9. The zero-order chi connectivity index (χ0) is 14.7. The lowest BCUT2D eigenvalue weighted by Crippen LogP contribution is -2.09. The second kappa shape index (κ2) is 5.61. The van der Waals surface area contributed by atoms with E-state index in [1.54, 1.807) is 12.1 Å². The van der Waals surface area contributed by atoms with Crippen molar-refractivity contribution in [1.29, 1.82) is 0 Å². The molecule has 1 aliphatic carbocycles. The Morgan fingerprint density at radius 2 is 1.45 bits per heavy atom. The molecule has 0 aliphatic heterocycles. The molecule has 1 aliphatic rings. The quantitative estimate of drug-likeness (QED) is 0.783. The number of benzene rings is 1. The molecule has 0 bridgehead atoms. The van der Waals surface area contributed by atoms with Gasteiger partial charge in [-0.05, 0) is 18.2 Å². The second-order valence-electron chi connectivity index (χ2n) is 4.06. The fourth-order valence-electron chi connectivity index (χ4n) is 1.98. The van der Waals surface area contributed by atoms with Crippen LogP contribution in [0.25, 0.3) is 5.57 Å². The van der Waals surface area contributed by atoms with Crippen LogP contribution in [0.2, 0.25) is 0 Å². The average molecular weight is 274 g/mol. The summed E-state index contributed by atoms with van der Waals surface area (Å²) in [6, 6.07) is 3.27. The maximum absolute atomic E-state index is 12.0. The van der Waals surface area contributed by atoms with Crippen LogP contribution in [-0.4, -0.2) is 32.9 Å². The average Bonchev–Trinajstić information content (AvgIpc) is 2.48. The summed E-state index contributed by atoms with van der Waals surface area (Å²) in [5, 5.41) is 0. The van der Waals surface area contributed by atoms with Gasteiger partial charge < -0.3 is 14.2 Å². The first-order valence-corrected chi connectivity index (χ1v) is 5.89. The van der Waals surface area contributed by atoms with Gasteiger partial charge in [-0.2, -0.15) is 0 Å². The Hall–Kier alpha value is -2.56. The number of hydrogen-bond donors (Lipinski definition) is 0. The Morgan fingerprint density at radius 1 is 0.850 bits per heavy atom. The van der Waals surface area contributed by atoms with Crippen LogP contribution in [0, 0.1) is 0 Å². The molecule has 0 saturated carbocycles. The molecule has 20 heavy (non-hydrogen) atoms. The standard InChI is InChI=1S/C15H14O5/c1-18-10-7-13(19-2)15(14(8-10)20-3)11-6-9(16)4-5-12(11)17/h4-8H,1-3H3. The minimum absolute atomic E-state index is 0.244. The highest BCUT2D eigenvalue weighted by Crippen LogP contribution is 2.39. The van der Waals surface area contributed by atoms with E-state index in [4.69, 9.17) is 14.2 Å². The number of allylic oxidation sites excluding steroid dienone is 4. The summed E-state index contributed by atoms with van der Waals surface area (Å²) >= 11 is 0. The van der Waals surface area contributed by atoms with Gasteiger partial charge in [0, 0.05) is 17.7 Å². The van der Waals surface area contributed by atoms with E-state index in [0.717, 1.165) is 0 Å². The zero-order valence-electron chi connectivity index (χ0n) is 11.4. The highest BCUT2D eigenvalue weighted by atomic mass is 16.5. The molecule has 0 aromatic heterocycles. The lowest BCUT2D eigenvalue weighted by molar-refractivity contribution is -0.113. The first-order chi connectivity index (χ1) is 9.60. The Morgan fingerprint density at radius 3 is 1.95 bits per heavy atom. The molecule has 1 aromatic rings. The molecule has 0 unspecified atom stereocenters. The van der Waals surface area contributed by atoms with Crippen LogP contribution in [0.4, 0.5) is 0 Å². The maximum Gasteiger partial charge on any atom is 0.186 e. The third-order valence-corrected chi connectivity index (χ3v) is 2.94. The molecule has 0 amide bonds. The van der Waals surface area contributed by atoms with Gasteiger partial charge in [0.1, 0.15) is 17.2 Å². The van der Waals surface area contributed by atoms with Gasteiger partial charge in [0.25, 0.3) is 0 Å². The lowest BCUT2D eigenvalue weighted by atomic mass is 9.94. The predicted molar refractivity (Wildman–Crippen MR) is 73.2 cm³/mol. The number of rotatable bonds is 4. The number of methoxy groups -OCH3 is 3. The van der Waals surface area contributed by atoms with Gasteiger partial charge in [-0.25, -0.2) is 0 Å². The Bertz CT molecular complexity index is 600. The smallest absolute Gasteiger partial charge is 0.186 e. The van der Waals surface area contributed by atoms with Crippen LogP contribution in [0.5, 0.6) is 17.2 Å². The predicted octanol–water partition coefficient (Wildman–Crippen LogP) is 1.80. The van der Waals surface area contributed by atoms with E-state index in [9.17, 15) is 9.59 Å². The lowest BCUT2D eigenvalue weighted by Gasteiger charge is -2.17. The SMILES string of the molecule is COc1cc(OC)c(C2=CC(=O)C=CC2=O)c(OC)c1. The number of hydrogen-bond acceptors (Lipinski definition) is 5. The summed E-state index contributed by atoms with van der Waals surface area (Å²) in [6.45, 7) is 0. The van der Waals surface area contributed by atoms with Crippen molar-refractivity contribution in [3.8, 4) is 17.2 Å². The summed E-state index contributed by atoms with van der Waals surface area (Å²) in [4.78, 5) is 23.5. The number of ketones is 2. The minimum atomic E-state index is -0.272. The van der Waals surface area contributed by atoms with Gasteiger partial charge in [0.15, 0.2) is 11.6 Å². The molecule has 0 saturated heterocycles. The molecular weight excluding hydrogens is 260 g/mol. The highest BCUT2D eigenvalue weighted by Gasteiger charge is 2.23. The Labute approximate surface area is 116 Å². The molecule has 104 valence electrons. The molecule has 5 heteroatoms. The van der Waals surface area contributed by atoms with E-state index in [2.05, 4.69) is 0 Å². The molecule has 0 radical (unpaired) electrons. The van der Waals surface area contributed by atoms with Gasteiger partial charge in [-0.3, -0.25) is 9.59 Å². The van der Waals surface area contributed by atoms with Crippen LogP contribution in [0.1, 0.15) is 5.56 Å². The van der Waals surface area contributed by atoms with E-state index in [0.29, 0.717) is 22.8 Å². The van der Waals surface area contributed by atoms with Gasteiger partial charge in [0.2, 0.25) is 0 Å². The summed E-state index contributed by atoms with van der Waals surface area (Å²) in [6.07, 6.45) is 3.74. The second-order valence-corrected chi connectivity index (χ2v) is 4.06. The number of carbonyl (C=O) groups excluding carboxylic acids is 2. The highest BCUT2D eigenvalue weighted by molar-refractivity contribution is 6.34. The van der Waals surface area contributed by atoms with Gasteiger partial charge >= 0.3 is 0 Å². The van der Waals surface area contributed by atoms with Crippen molar-refractivity contribution in [2.75, 3.05) is 21.3 Å². The first-order valence-electron chi connectivity index (χ1n) is 5.89. The van der Waals surface area contributed by atoms with Crippen LogP contribution in [-0.2, 0) is 9.59 Å². The van der Waals surface area contributed by atoms with E-state index >= 15 is 0 Å². The van der Waals surface area contributed by atoms with Crippen molar-refractivity contribution in [2.24, 2.45) is 0 Å². The summed E-state index contributed by atoms with van der Waals surface area (Å²) in [7, 11) is 4.47. The fraction of sp³-hybridized carbons (Fsp3) is 0.200. The van der Waals surface area contributed by atoms with E-state index < -0.39 is 0 Å². The normalized spacial score (nSPS) is 14.1. The van der Waals surface area contributed by atoms with Crippen molar-refractivity contribution in [1.82, 2.24) is 0 Å². The van der Waals surface area contributed by atoms with Gasteiger partial charge in [-0.1, -0.05) is 0 Å². The molecule has 5 nitrogen and oxygen atoms in total. The molecule has 0 heterocycles. The third kappa shape index (κ3) is 2.42. The van der Waals surface area contributed by atoms with Crippen LogP contribution < -0.4 is 14.2 Å². The molecular formula is C15H14O5. The number of ether oxygens (including phenoxy) is 3. The Kier molecular flexibility index (Phi) is 3.89. The van der Waals surface area contributed by atoms with Crippen molar-refractivity contribution in [2.45, 2.75) is 0 Å². The Balaban J connectivity index is 2.66. The van der Waals surface area contributed by atoms with Crippen molar-refractivity contribution in [3.63, 3.8) is 0 Å². The molecule has 0 fully saturated rings. The van der Waals surface area contributed by atoms with E-state index in [-0.39, 0.29) is 17.1 Å². The summed E-state index contributed by atoms with van der Waals surface area (Å²) < 4.78 is 15.7. The van der Waals surface area contributed by atoms with Gasteiger partial charge in [-0.15, -0.1) is 0 Å². The molecule has 0 spiro atoms. The fourth-order valence-corrected chi connectivity index (χ4v) is 1.98. The summed E-state index contributed by atoms with van der Waals surface area (Å²) in [5.74, 6) is 0.826. The van der Waals surface area contributed by atoms with E-state index in [1.807, 2.05) is 0 Å². The molecule has 1 aromatic carbocycles. The maximum atomic E-state index is 12.0. The van der Waals surface area contributed by atoms with Crippen LogP contribution in [0.3, 0.4) is 0 Å². The third-order valence-electron chi connectivity index (χ3n) is 2.94. The van der Waals surface area contributed by atoms with E-state index in [1.165, 1.54) is 39.6 Å². The summed E-state index contributed by atoms with van der Waals surface area (Å²) in [5.41, 5.74) is 0.687. The van der Waals surface area contributed by atoms with Gasteiger partial charge in [0.05, 0.1) is 26.9 Å². The topological polar surface area (TPSA) is 61.8 Å². The number of carbonyl (C=O) groups is 2. The molecule has 2 rings (SSSR count). The molecule has 0 N–H and O–H groups in total. The monoisotopic (exact) mass is 274 g/mol. The van der Waals surface area contributed by atoms with Crippen molar-refractivity contribution < 1.29 is 23.8 Å². The van der Waals surface area contributed by atoms with Crippen molar-refractivity contribution >= 4 is 17.1 Å².